The van der Waals surface area contributed by atoms with Gasteiger partial charge in [0.25, 0.3) is 5.91 Å². The lowest BCUT2D eigenvalue weighted by molar-refractivity contribution is 0.102. The van der Waals surface area contributed by atoms with Gasteiger partial charge in [0.2, 0.25) is 5.43 Å². The minimum Gasteiger partial charge on any atom is -0.360 e. The monoisotopic (exact) mass is 392 g/mol. The van der Waals surface area contributed by atoms with Crippen LogP contribution in [0.4, 0.5) is 5.69 Å². The van der Waals surface area contributed by atoms with Crippen molar-refractivity contribution in [2.45, 2.75) is 0 Å². The lowest BCUT2D eigenvalue weighted by Gasteiger charge is -2.11. The lowest BCUT2D eigenvalue weighted by Crippen LogP contribution is -2.22. The summed E-state index contributed by atoms with van der Waals surface area (Å²) in [5, 5.41) is 3.39. The molecular formula is C26H20N2O2. The van der Waals surface area contributed by atoms with Gasteiger partial charge < -0.3 is 10.3 Å². The van der Waals surface area contributed by atoms with Crippen LogP contribution in [0.5, 0.6) is 0 Å². The predicted octanol–water partition coefficient (Wildman–Crippen LogP) is 5.57. The van der Waals surface area contributed by atoms with Crippen molar-refractivity contribution in [3.63, 3.8) is 0 Å². The van der Waals surface area contributed by atoms with Gasteiger partial charge >= 0.3 is 0 Å². The molecule has 30 heavy (non-hydrogen) atoms. The minimum atomic E-state index is -0.447. The molecule has 1 aromatic heterocycles. The number of fused-ring (bicyclic) bond motifs is 1. The molecule has 1 heterocycles. The number of rotatable bonds is 3. The maximum atomic E-state index is 12.9. The van der Waals surface area contributed by atoms with E-state index in [-0.39, 0.29) is 11.0 Å². The number of aromatic amines is 1. The predicted molar refractivity (Wildman–Crippen MR) is 122 cm³/mol. The van der Waals surface area contributed by atoms with Crippen LogP contribution in [-0.4, -0.2) is 10.9 Å². The molecule has 0 fully saturated rings. The maximum Gasteiger partial charge on any atom is 0.261 e. The highest BCUT2D eigenvalue weighted by Crippen LogP contribution is 2.27. The smallest absolute Gasteiger partial charge is 0.261 e. The number of pyridine rings is 1. The number of nitrogens with one attached hydrogen (secondary N) is 2. The molecule has 0 atom stereocenters. The number of hydrogen-bond donors (Lipinski definition) is 2. The highest BCUT2D eigenvalue weighted by molar-refractivity contribution is 6.07. The molecule has 0 saturated heterocycles. The van der Waals surface area contributed by atoms with Gasteiger partial charge in [0.15, 0.2) is 0 Å². The van der Waals surface area contributed by atoms with Crippen LogP contribution in [0.1, 0.15) is 10.4 Å². The van der Waals surface area contributed by atoms with Crippen molar-refractivity contribution in [2.24, 2.45) is 0 Å². The van der Waals surface area contributed by atoms with Crippen molar-refractivity contribution < 1.29 is 4.79 Å². The first-order valence-corrected chi connectivity index (χ1v) is 9.63. The number of amides is 1. The first kappa shape index (κ1) is 19.2. The molecule has 3 aromatic carbocycles. The molecule has 0 saturated carbocycles. The van der Waals surface area contributed by atoms with Gasteiger partial charge in [0.1, 0.15) is 5.56 Å². The number of anilines is 1. The number of hydrogen-bond acceptors (Lipinski definition) is 2. The Hall–Kier alpha value is -4.18. The Morgan fingerprint density at radius 3 is 2.07 bits per heavy atom. The molecule has 0 spiro atoms. The summed E-state index contributed by atoms with van der Waals surface area (Å²) >= 11 is 0. The lowest BCUT2D eigenvalue weighted by atomic mass is 10.0. The van der Waals surface area contributed by atoms with E-state index in [4.69, 9.17) is 0 Å². The fourth-order valence-electron chi connectivity index (χ4n) is 3.24. The molecule has 146 valence electrons. The average molecular weight is 392 g/mol. The zero-order chi connectivity index (χ0) is 20.8. The number of carbonyl (C=O) groups excluding carboxylic acids is 1. The van der Waals surface area contributed by atoms with E-state index in [0.29, 0.717) is 16.6 Å². The molecule has 0 aliphatic carbocycles. The van der Waals surface area contributed by atoms with E-state index in [1.54, 1.807) is 12.1 Å². The summed E-state index contributed by atoms with van der Waals surface area (Å²) in [4.78, 5) is 28.7. The van der Waals surface area contributed by atoms with Crippen LogP contribution < -0.4 is 10.7 Å². The Kier molecular flexibility index (Phi) is 5.67. The van der Waals surface area contributed by atoms with Crippen molar-refractivity contribution in [1.29, 1.82) is 0 Å². The molecule has 4 rings (SSSR count). The zero-order valence-corrected chi connectivity index (χ0v) is 16.2. The molecule has 4 nitrogen and oxygen atoms in total. The maximum absolute atomic E-state index is 12.9. The Balaban J connectivity index is 1.73. The van der Waals surface area contributed by atoms with Gasteiger partial charge in [-0.25, -0.2) is 0 Å². The number of benzene rings is 2. The molecule has 4 heteroatoms. The van der Waals surface area contributed by atoms with Crippen molar-refractivity contribution in [3.05, 3.63) is 125 Å². The van der Waals surface area contributed by atoms with Crippen LogP contribution in [0.25, 0.3) is 22.0 Å². The normalized spacial score (nSPS) is 10.3. The molecule has 0 aliphatic rings. The molecule has 2 N–H and O–H groups in total. The van der Waals surface area contributed by atoms with E-state index < -0.39 is 5.91 Å². The third-order valence-electron chi connectivity index (χ3n) is 4.74. The number of H-pyrrole nitrogens is 1. The van der Waals surface area contributed by atoms with Crippen LogP contribution in [0.2, 0.25) is 0 Å². The second kappa shape index (κ2) is 8.88. The van der Waals surface area contributed by atoms with E-state index in [2.05, 4.69) is 10.3 Å². The summed E-state index contributed by atoms with van der Waals surface area (Å²) < 4.78 is 0. The van der Waals surface area contributed by atoms with E-state index in [0.717, 1.165) is 11.1 Å². The first-order valence-electron chi connectivity index (χ1n) is 9.63. The molecule has 0 bridgehead atoms. The van der Waals surface area contributed by atoms with Gasteiger partial charge in [-0.1, -0.05) is 84.9 Å². The summed E-state index contributed by atoms with van der Waals surface area (Å²) in [6, 6.07) is 32.3. The van der Waals surface area contributed by atoms with Gasteiger partial charge in [0.05, 0.1) is 0 Å². The van der Waals surface area contributed by atoms with Gasteiger partial charge in [0, 0.05) is 28.4 Å². The fraction of sp³-hybridized carbons (Fsp3) is 0. The summed E-state index contributed by atoms with van der Waals surface area (Å²) in [6.45, 7) is 0. The van der Waals surface area contributed by atoms with Crippen molar-refractivity contribution in [1.82, 2.24) is 4.98 Å². The van der Waals surface area contributed by atoms with E-state index in [9.17, 15) is 9.59 Å². The highest BCUT2D eigenvalue weighted by Gasteiger charge is 2.14. The summed E-state index contributed by atoms with van der Waals surface area (Å²) in [7, 11) is 0. The van der Waals surface area contributed by atoms with Gasteiger partial charge in [-0.15, -0.1) is 0 Å². The molecule has 4 aromatic rings. The summed E-state index contributed by atoms with van der Waals surface area (Å²) in [5.41, 5.74) is 2.92. The third kappa shape index (κ3) is 4.13. The van der Waals surface area contributed by atoms with Crippen molar-refractivity contribution in [3.8, 4) is 11.1 Å². The number of aromatic nitrogens is 1. The minimum absolute atomic E-state index is 0.0759. The first-order chi connectivity index (χ1) is 14.7. The Labute approximate surface area is 174 Å². The largest absolute Gasteiger partial charge is 0.360 e. The van der Waals surface area contributed by atoms with Crippen molar-refractivity contribution in [2.75, 3.05) is 5.32 Å². The Bertz CT molecular complexity index is 1300. The second-order valence-electron chi connectivity index (χ2n) is 6.71. The van der Waals surface area contributed by atoms with Crippen LogP contribution >= 0.6 is 0 Å². The number of carbonyl (C=O) groups is 1. The van der Waals surface area contributed by atoms with E-state index in [1.807, 2.05) is 91.0 Å². The topological polar surface area (TPSA) is 62.0 Å². The number of para-hydroxylation sites is 2. The Morgan fingerprint density at radius 1 is 0.700 bits per heavy atom. The Morgan fingerprint density at radius 2 is 1.30 bits per heavy atom. The standard InChI is InChI=1S/C26H20N2O2/c29-25-21-15-9-10-16-23(21)27-18-22(25)26(30)28-24-17-11-8-14-20(24)19-12-6-4-2-1-3-5-7-13-19/h1-18H,(H,27,29)(H,28,30). The zero-order valence-electron chi connectivity index (χ0n) is 16.2. The quantitative estimate of drug-likeness (QED) is 0.479. The SMILES string of the molecule is O=C(Nc1ccccc1-c1ccccccccc1)c1c[nH]c2ccccc2c1=O. The third-order valence-corrected chi connectivity index (χ3v) is 4.74. The van der Waals surface area contributed by atoms with E-state index >= 15 is 0 Å². The van der Waals surface area contributed by atoms with Gasteiger partial charge in [-0.3, -0.25) is 9.59 Å². The molecule has 0 aliphatic heterocycles. The van der Waals surface area contributed by atoms with Crippen molar-refractivity contribution >= 4 is 22.5 Å². The van der Waals surface area contributed by atoms with Crippen LogP contribution in [0.15, 0.2) is 114 Å². The van der Waals surface area contributed by atoms with Gasteiger partial charge in [-0.05, 0) is 23.8 Å². The second-order valence-corrected chi connectivity index (χ2v) is 6.71. The highest BCUT2D eigenvalue weighted by atomic mass is 16.2. The summed E-state index contributed by atoms with van der Waals surface area (Å²) in [5.74, 6) is -0.447. The summed E-state index contributed by atoms with van der Waals surface area (Å²) in [6.07, 6.45) is 1.46. The van der Waals surface area contributed by atoms with Crippen LogP contribution in [0, 0.1) is 0 Å². The van der Waals surface area contributed by atoms with Gasteiger partial charge in [-0.2, -0.15) is 0 Å². The molecule has 1 amide bonds. The van der Waals surface area contributed by atoms with E-state index in [1.165, 1.54) is 6.20 Å². The average Bonchev–Trinajstić information content (AvgIpc) is 2.78. The molecule has 0 unspecified atom stereocenters. The molecular weight excluding hydrogens is 372 g/mol. The van der Waals surface area contributed by atoms with Crippen LogP contribution in [-0.2, 0) is 0 Å². The van der Waals surface area contributed by atoms with Crippen LogP contribution in [0.3, 0.4) is 0 Å². The fourth-order valence-corrected chi connectivity index (χ4v) is 3.24. The molecule has 0 radical (unpaired) electrons.